The lowest BCUT2D eigenvalue weighted by atomic mass is 10.0. The molecule has 0 aliphatic rings. The van der Waals surface area contributed by atoms with Crippen molar-refractivity contribution in [2.75, 3.05) is 6.61 Å². The van der Waals surface area contributed by atoms with E-state index in [4.69, 9.17) is 10.5 Å². The molecule has 2 rings (SSSR count). The third kappa shape index (κ3) is 3.29. The fourth-order valence-corrected chi connectivity index (χ4v) is 1.86. The van der Waals surface area contributed by atoms with E-state index in [-0.39, 0.29) is 18.4 Å². The largest absolute Gasteiger partial charge is 0.488 e. The molecule has 0 fully saturated rings. The van der Waals surface area contributed by atoms with E-state index < -0.39 is 11.6 Å². The van der Waals surface area contributed by atoms with Crippen molar-refractivity contribution in [2.24, 2.45) is 5.73 Å². The molecule has 0 bridgehead atoms. The van der Waals surface area contributed by atoms with Crippen molar-refractivity contribution >= 4 is 0 Å². The minimum absolute atomic E-state index is 0.0885. The molecule has 0 aliphatic heterocycles. The molecule has 2 nitrogen and oxygen atoms in total. The van der Waals surface area contributed by atoms with Gasteiger partial charge < -0.3 is 10.5 Å². The molecule has 2 aromatic rings. The Labute approximate surface area is 110 Å². The Morgan fingerprint density at radius 3 is 2.63 bits per heavy atom. The zero-order valence-corrected chi connectivity index (χ0v) is 10.6. The highest BCUT2D eigenvalue weighted by molar-refractivity contribution is 5.29. The summed E-state index contributed by atoms with van der Waals surface area (Å²) in [6.07, 6.45) is 0. The predicted octanol–water partition coefficient (Wildman–Crippen LogP) is 3.35. The minimum Gasteiger partial charge on any atom is -0.488 e. The number of rotatable bonds is 4. The first-order valence-corrected chi connectivity index (χ1v) is 5.97. The number of aryl methyl sites for hydroxylation is 1. The number of halogens is 2. The van der Waals surface area contributed by atoms with Gasteiger partial charge in [-0.05, 0) is 30.2 Å². The van der Waals surface area contributed by atoms with Gasteiger partial charge in [0.25, 0.3) is 0 Å². The third-order valence-corrected chi connectivity index (χ3v) is 2.90. The Morgan fingerprint density at radius 2 is 1.89 bits per heavy atom. The summed E-state index contributed by atoms with van der Waals surface area (Å²) in [5.41, 5.74) is 7.96. The molecule has 0 amide bonds. The van der Waals surface area contributed by atoms with Crippen molar-refractivity contribution in [1.29, 1.82) is 0 Å². The fourth-order valence-electron chi connectivity index (χ4n) is 1.86. The lowest BCUT2D eigenvalue weighted by Crippen LogP contribution is -2.20. The molecular formula is C15H15F2NO. The van der Waals surface area contributed by atoms with E-state index in [0.29, 0.717) is 0 Å². The van der Waals surface area contributed by atoms with Gasteiger partial charge >= 0.3 is 0 Å². The monoisotopic (exact) mass is 263 g/mol. The molecular weight excluding hydrogens is 248 g/mol. The Morgan fingerprint density at radius 1 is 1.16 bits per heavy atom. The minimum atomic E-state index is -0.599. The van der Waals surface area contributed by atoms with Gasteiger partial charge in [0.1, 0.15) is 12.4 Å². The molecule has 100 valence electrons. The van der Waals surface area contributed by atoms with Crippen LogP contribution in [0.2, 0.25) is 0 Å². The molecule has 0 saturated heterocycles. The van der Waals surface area contributed by atoms with E-state index in [1.807, 2.05) is 31.2 Å². The molecule has 2 N–H and O–H groups in total. The van der Waals surface area contributed by atoms with E-state index in [1.54, 1.807) is 0 Å². The Balaban J connectivity index is 2.06. The first-order chi connectivity index (χ1) is 9.08. The molecule has 0 heterocycles. The SMILES string of the molecule is Cc1ccccc1C(N)COc1cc(F)ccc1F. The van der Waals surface area contributed by atoms with Crippen LogP contribution in [0.1, 0.15) is 17.2 Å². The van der Waals surface area contributed by atoms with Crippen LogP contribution in [-0.2, 0) is 0 Å². The molecule has 2 aromatic carbocycles. The van der Waals surface area contributed by atoms with Crippen LogP contribution in [0.4, 0.5) is 8.78 Å². The quantitative estimate of drug-likeness (QED) is 0.918. The molecule has 19 heavy (non-hydrogen) atoms. The van der Waals surface area contributed by atoms with Crippen LogP contribution in [0.15, 0.2) is 42.5 Å². The zero-order chi connectivity index (χ0) is 13.8. The lowest BCUT2D eigenvalue weighted by molar-refractivity contribution is 0.275. The molecule has 0 aliphatic carbocycles. The van der Waals surface area contributed by atoms with Crippen LogP contribution in [-0.4, -0.2) is 6.61 Å². The van der Waals surface area contributed by atoms with Gasteiger partial charge in [-0.2, -0.15) is 0 Å². The Bertz CT molecular complexity index is 572. The number of nitrogens with two attached hydrogens (primary N) is 1. The summed E-state index contributed by atoms with van der Waals surface area (Å²) in [6, 6.07) is 10.3. The van der Waals surface area contributed by atoms with E-state index in [0.717, 1.165) is 29.3 Å². The fraction of sp³-hybridized carbons (Fsp3) is 0.200. The predicted molar refractivity (Wildman–Crippen MR) is 70.0 cm³/mol. The normalized spacial score (nSPS) is 12.2. The highest BCUT2D eigenvalue weighted by Crippen LogP contribution is 2.21. The smallest absolute Gasteiger partial charge is 0.165 e. The van der Waals surface area contributed by atoms with Crippen molar-refractivity contribution in [3.05, 3.63) is 65.2 Å². The van der Waals surface area contributed by atoms with Gasteiger partial charge in [0.2, 0.25) is 0 Å². The van der Waals surface area contributed by atoms with Crippen molar-refractivity contribution in [1.82, 2.24) is 0 Å². The van der Waals surface area contributed by atoms with Gasteiger partial charge in [-0.15, -0.1) is 0 Å². The van der Waals surface area contributed by atoms with Crippen LogP contribution in [0.3, 0.4) is 0 Å². The summed E-state index contributed by atoms with van der Waals surface area (Å²) in [5, 5.41) is 0. The van der Waals surface area contributed by atoms with Crippen LogP contribution in [0.25, 0.3) is 0 Å². The first kappa shape index (κ1) is 13.5. The highest BCUT2D eigenvalue weighted by atomic mass is 19.1. The van der Waals surface area contributed by atoms with Crippen molar-refractivity contribution in [2.45, 2.75) is 13.0 Å². The van der Waals surface area contributed by atoms with E-state index in [2.05, 4.69) is 0 Å². The van der Waals surface area contributed by atoms with Crippen LogP contribution in [0.5, 0.6) is 5.75 Å². The second kappa shape index (κ2) is 5.80. The van der Waals surface area contributed by atoms with E-state index in [9.17, 15) is 8.78 Å². The summed E-state index contributed by atoms with van der Waals surface area (Å²) in [6.45, 7) is 2.03. The molecule has 0 radical (unpaired) electrons. The summed E-state index contributed by atoms with van der Waals surface area (Å²) in [5.74, 6) is -1.26. The first-order valence-electron chi connectivity index (χ1n) is 5.97. The van der Waals surface area contributed by atoms with Crippen LogP contribution >= 0.6 is 0 Å². The second-order valence-corrected chi connectivity index (χ2v) is 4.35. The van der Waals surface area contributed by atoms with E-state index in [1.165, 1.54) is 0 Å². The summed E-state index contributed by atoms with van der Waals surface area (Å²) < 4.78 is 31.6. The zero-order valence-electron chi connectivity index (χ0n) is 10.6. The van der Waals surface area contributed by atoms with Crippen molar-refractivity contribution in [3.8, 4) is 5.75 Å². The van der Waals surface area contributed by atoms with Gasteiger partial charge in [0.05, 0.1) is 6.04 Å². The Kier molecular flexibility index (Phi) is 4.12. The molecule has 1 unspecified atom stereocenters. The highest BCUT2D eigenvalue weighted by Gasteiger charge is 2.11. The van der Waals surface area contributed by atoms with E-state index >= 15 is 0 Å². The average Bonchev–Trinajstić information content (AvgIpc) is 2.40. The maximum atomic E-state index is 13.4. The summed E-state index contributed by atoms with van der Waals surface area (Å²) >= 11 is 0. The number of ether oxygens (including phenoxy) is 1. The van der Waals surface area contributed by atoms with Gasteiger partial charge in [-0.3, -0.25) is 0 Å². The lowest BCUT2D eigenvalue weighted by Gasteiger charge is -2.16. The van der Waals surface area contributed by atoms with Crippen molar-refractivity contribution < 1.29 is 13.5 Å². The topological polar surface area (TPSA) is 35.2 Å². The van der Waals surface area contributed by atoms with Crippen LogP contribution in [0, 0.1) is 18.6 Å². The second-order valence-electron chi connectivity index (χ2n) is 4.35. The number of hydrogen-bond acceptors (Lipinski definition) is 2. The van der Waals surface area contributed by atoms with Gasteiger partial charge in [0, 0.05) is 6.07 Å². The summed E-state index contributed by atoms with van der Waals surface area (Å²) in [4.78, 5) is 0. The summed E-state index contributed by atoms with van der Waals surface area (Å²) in [7, 11) is 0. The molecule has 0 aromatic heterocycles. The Hall–Kier alpha value is -1.94. The average molecular weight is 263 g/mol. The maximum Gasteiger partial charge on any atom is 0.165 e. The third-order valence-electron chi connectivity index (χ3n) is 2.90. The van der Waals surface area contributed by atoms with Gasteiger partial charge in [-0.1, -0.05) is 24.3 Å². The molecule has 0 saturated carbocycles. The molecule has 0 spiro atoms. The standard InChI is InChI=1S/C15H15F2NO/c1-10-4-2-3-5-12(10)14(18)9-19-15-8-11(16)6-7-13(15)17/h2-8,14H,9,18H2,1H3. The molecule has 4 heteroatoms. The van der Waals surface area contributed by atoms with Gasteiger partial charge in [-0.25, -0.2) is 8.78 Å². The maximum absolute atomic E-state index is 13.4. The number of benzene rings is 2. The van der Waals surface area contributed by atoms with Crippen molar-refractivity contribution in [3.63, 3.8) is 0 Å². The van der Waals surface area contributed by atoms with Crippen LogP contribution < -0.4 is 10.5 Å². The van der Waals surface area contributed by atoms with Gasteiger partial charge in [0.15, 0.2) is 11.6 Å². The number of hydrogen-bond donors (Lipinski definition) is 1. The molecule has 1 atom stereocenters.